The minimum atomic E-state index is -4.28. The monoisotopic (exact) mass is 278 g/mol. The molecule has 0 saturated carbocycles. The van der Waals surface area contributed by atoms with Crippen LogP contribution in [0.1, 0.15) is 16.7 Å². The Balaban J connectivity index is 3.15. The van der Waals surface area contributed by atoms with Gasteiger partial charge in [0.2, 0.25) is 0 Å². The van der Waals surface area contributed by atoms with Crippen molar-refractivity contribution in [2.24, 2.45) is 0 Å². The molecular formula is C11H10BrF3. The minimum Gasteiger partial charge on any atom is -0.166 e. The average Bonchev–Trinajstić information content (AvgIpc) is 2.15. The molecule has 0 heterocycles. The highest BCUT2D eigenvalue weighted by molar-refractivity contribution is 9.09. The van der Waals surface area contributed by atoms with Gasteiger partial charge in [-0.3, -0.25) is 0 Å². The van der Waals surface area contributed by atoms with Crippen LogP contribution >= 0.6 is 15.9 Å². The molecule has 0 aliphatic carbocycles. The summed E-state index contributed by atoms with van der Waals surface area (Å²) in [4.78, 5) is 0. The second-order valence-corrected chi connectivity index (χ2v) is 3.83. The predicted molar refractivity (Wildman–Crippen MR) is 59.0 cm³/mol. The molecule has 0 bridgehead atoms. The van der Waals surface area contributed by atoms with Crippen molar-refractivity contribution in [2.45, 2.75) is 13.1 Å². The Labute approximate surface area is 94.9 Å². The van der Waals surface area contributed by atoms with Crippen molar-refractivity contribution in [3.63, 3.8) is 0 Å². The summed E-state index contributed by atoms with van der Waals surface area (Å²) in [5.41, 5.74) is 1.52. The van der Waals surface area contributed by atoms with E-state index < -0.39 is 11.7 Å². The first kappa shape index (κ1) is 12.3. The van der Waals surface area contributed by atoms with Crippen molar-refractivity contribution in [3.05, 3.63) is 41.5 Å². The lowest BCUT2D eigenvalue weighted by molar-refractivity contribution is -0.137. The Morgan fingerprint density at radius 1 is 1.40 bits per heavy atom. The van der Waals surface area contributed by atoms with E-state index in [-0.39, 0.29) is 0 Å². The Bertz CT molecular complexity index is 380. The summed E-state index contributed by atoms with van der Waals surface area (Å²) >= 11 is 3.22. The standard InChI is InChI=1S/C11H10BrF3/c1-7-5-9(11(13,14)15)3-4-10(7)8(2)6-12/h3-5H,2,6H2,1H3. The third-order valence-corrected chi connectivity index (χ3v) is 2.77. The number of allylic oxidation sites excluding steroid dienone is 1. The van der Waals surface area contributed by atoms with Crippen LogP contribution in [0.15, 0.2) is 24.8 Å². The van der Waals surface area contributed by atoms with Crippen molar-refractivity contribution < 1.29 is 13.2 Å². The quantitative estimate of drug-likeness (QED) is 0.703. The van der Waals surface area contributed by atoms with Crippen LogP contribution in [0.4, 0.5) is 13.2 Å². The highest BCUT2D eigenvalue weighted by Gasteiger charge is 2.30. The molecule has 1 aromatic carbocycles. The van der Waals surface area contributed by atoms with Crippen molar-refractivity contribution >= 4 is 21.5 Å². The number of aryl methyl sites for hydroxylation is 1. The van der Waals surface area contributed by atoms with Gasteiger partial charge in [-0.05, 0) is 35.8 Å². The van der Waals surface area contributed by atoms with E-state index in [2.05, 4.69) is 22.5 Å². The van der Waals surface area contributed by atoms with Gasteiger partial charge >= 0.3 is 6.18 Å². The van der Waals surface area contributed by atoms with Crippen LogP contribution in [0.25, 0.3) is 5.57 Å². The molecule has 4 heteroatoms. The number of rotatable bonds is 2. The molecule has 1 rings (SSSR count). The molecule has 0 fully saturated rings. The smallest absolute Gasteiger partial charge is 0.166 e. The minimum absolute atomic E-state index is 0.555. The fraction of sp³-hybridized carbons (Fsp3) is 0.273. The molecule has 0 unspecified atom stereocenters. The van der Waals surface area contributed by atoms with Gasteiger partial charge in [0.25, 0.3) is 0 Å². The van der Waals surface area contributed by atoms with Gasteiger partial charge < -0.3 is 0 Å². The highest BCUT2D eigenvalue weighted by atomic mass is 79.9. The number of alkyl halides is 4. The first-order valence-electron chi connectivity index (χ1n) is 4.28. The van der Waals surface area contributed by atoms with Crippen LogP contribution < -0.4 is 0 Å². The van der Waals surface area contributed by atoms with Gasteiger partial charge in [0.15, 0.2) is 0 Å². The van der Waals surface area contributed by atoms with Crippen LogP contribution in [-0.4, -0.2) is 5.33 Å². The van der Waals surface area contributed by atoms with Gasteiger partial charge in [-0.25, -0.2) is 0 Å². The van der Waals surface area contributed by atoms with Gasteiger partial charge in [-0.1, -0.05) is 28.6 Å². The maximum absolute atomic E-state index is 12.4. The molecule has 0 spiro atoms. The summed E-state index contributed by atoms with van der Waals surface area (Å²) in [7, 11) is 0. The molecule has 0 N–H and O–H groups in total. The summed E-state index contributed by atoms with van der Waals surface area (Å²) in [6, 6.07) is 3.68. The van der Waals surface area contributed by atoms with E-state index in [1.807, 2.05) is 0 Å². The second kappa shape index (κ2) is 4.39. The zero-order valence-corrected chi connectivity index (χ0v) is 9.74. The van der Waals surface area contributed by atoms with E-state index in [1.54, 1.807) is 6.92 Å². The molecule has 0 aliphatic rings. The molecule has 0 atom stereocenters. The van der Waals surface area contributed by atoms with Gasteiger partial charge in [0.05, 0.1) is 5.56 Å². The summed E-state index contributed by atoms with van der Waals surface area (Å²) in [5, 5.41) is 0.555. The maximum atomic E-state index is 12.4. The van der Waals surface area contributed by atoms with Crippen LogP contribution in [0.3, 0.4) is 0 Å². The third kappa shape index (κ3) is 2.84. The molecule has 1 aromatic rings. The third-order valence-electron chi connectivity index (χ3n) is 2.10. The van der Waals surface area contributed by atoms with Gasteiger partial charge in [-0.2, -0.15) is 13.2 Å². The van der Waals surface area contributed by atoms with Gasteiger partial charge in [0.1, 0.15) is 0 Å². The lowest BCUT2D eigenvalue weighted by Gasteiger charge is -2.11. The Morgan fingerprint density at radius 2 is 2.00 bits per heavy atom. The van der Waals surface area contributed by atoms with E-state index in [1.165, 1.54) is 6.07 Å². The predicted octanol–water partition coefficient (Wildman–Crippen LogP) is 4.42. The topological polar surface area (TPSA) is 0 Å². The number of hydrogen-bond acceptors (Lipinski definition) is 0. The molecule has 82 valence electrons. The van der Waals surface area contributed by atoms with E-state index in [0.29, 0.717) is 10.9 Å². The molecule has 0 aliphatic heterocycles. The number of halogens is 4. The molecular weight excluding hydrogens is 269 g/mol. The molecule has 0 aromatic heterocycles. The van der Waals surface area contributed by atoms with Crippen molar-refractivity contribution in [2.75, 3.05) is 5.33 Å². The van der Waals surface area contributed by atoms with Crippen molar-refractivity contribution in [3.8, 4) is 0 Å². The summed E-state index contributed by atoms with van der Waals surface area (Å²) in [6.07, 6.45) is -4.28. The molecule has 0 saturated heterocycles. The maximum Gasteiger partial charge on any atom is 0.416 e. The van der Waals surface area contributed by atoms with E-state index >= 15 is 0 Å². The van der Waals surface area contributed by atoms with Crippen molar-refractivity contribution in [1.29, 1.82) is 0 Å². The van der Waals surface area contributed by atoms with Gasteiger partial charge in [-0.15, -0.1) is 0 Å². The molecule has 15 heavy (non-hydrogen) atoms. The first-order chi connectivity index (χ1) is 6.86. The normalized spacial score (nSPS) is 11.5. The zero-order chi connectivity index (χ0) is 11.6. The SMILES string of the molecule is C=C(CBr)c1ccc(C(F)(F)F)cc1C. The van der Waals surface area contributed by atoms with E-state index in [4.69, 9.17) is 0 Å². The Hall–Kier alpha value is -0.770. The Morgan fingerprint density at radius 3 is 2.40 bits per heavy atom. The Kier molecular flexibility index (Phi) is 3.60. The zero-order valence-electron chi connectivity index (χ0n) is 8.16. The average molecular weight is 279 g/mol. The molecule has 0 amide bonds. The molecule has 0 nitrogen and oxygen atoms in total. The largest absolute Gasteiger partial charge is 0.416 e. The molecule has 0 radical (unpaired) electrons. The number of hydrogen-bond donors (Lipinski definition) is 0. The van der Waals surface area contributed by atoms with Gasteiger partial charge in [0, 0.05) is 5.33 Å². The second-order valence-electron chi connectivity index (χ2n) is 3.26. The summed E-state index contributed by atoms with van der Waals surface area (Å²) in [6.45, 7) is 5.42. The first-order valence-corrected chi connectivity index (χ1v) is 5.40. The van der Waals surface area contributed by atoms with Crippen LogP contribution in [0, 0.1) is 6.92 Å². The van der Waals surface area contributed by atoms with Crippen LogP contribution in [0.2, 0.25) is 0 Å². The van der Waals surface area contributed by atoms with E-state index in [0.717, 1.165) is 23.3 Å². The highest BCUT2D eigenvalue weighted by Crippen LogP contribution is 2.31. The van der Waals surface area contributed by atoms with Crippen LogP contribution in [-0.2, 0) is 6.18 Å². The summed E-state index contributed by atoms with van der Waals surface area (Å²) < 4.78 is 37.1. The fourth-order valence-corrected chi connectivity index (χ4v) is 1.61. The summed E-state index contributed by atoms with van der Waals surface area (Å²) in [5.74, 6) is 0. The van der Waals surface area contributed by atoms with Crippen LogP contribution in [0.5, 0.6) is 0 Å². The lowest BCUT2D eigenvalue weighted by Crippen LogP contribution is -2.05. The van der Waals surface area contributed by atoms with E-state index in [9.17, 15) is 13.2 Å². The lowest BCUT2D eigenvalue weighted by atomic mass is 10.0. The fourth-order valence-electron chi connectivity index (χ4n) is 1.31. The number of benzene rings is 1. The van der Waals surface area contributed by atoms with Crippen molar-refractivity contribution in [1.82, 2.24) is 0 Å².